The molecule has 0 unspecified atom stereocenters. The van der Waals surface area contributed by atoms with E-state index in [0.717, 1.165) is 29.6 Å². The molecule has 0 atom stereocenters. The van der Waals surface area contributed by atoms with Crippen molar-refractivity contribution in [2.75, 3.05) is 51.6 Å². The van der Waals surface area contributed by atoms with Gasteiger partial charge in [-0.1, -0.05) is 0 Å². The second-order valence-electron chi connectivity index (χ2n) is 9.99. The van der Waals surface area contributed by atoms with Gasteiger partial charge in [0, 0.05) is 69.0 Å². The van der Waals surface area contributed by atoms with E-state index < -0.39 is 0 Å². The largest absolute Gasteiger partial charge is 0.339 e. The van der Waals surface area contributed by atoms with Crippen molar-refractivity contribution in [1.82, 2.24) is 49.8 Å². The van der Waals surface area contributed by atoms with E-state index in [9.17, 15) is 9.59 Å². The summed E-state index contributed by atoms with van der Waals surface area (Å²) in [7, 11) is 2.05. The number of carbonyl (C=O) groups is 2. The van der Waals surface area contributed by atoms with Gasteiger partial charge in [-0.15, -0.1) is 0 Å². The number of urea groups is 1. The Labute approximate surface area is 236 Å². The van der Waals surface area contributed by atoms with E-state index in [4.69, 9.17) is 4.98 Å². The number of H-pyrrole nitrogens is 2. The van der Waals surface area contributed by atoms with Gasteiger partial charge in [0.1, 0.15) is 11.2 Å². The van der Waals surface area contributed by atoms with Crippen LogP contribution in [-0.2, 0) is 0 Å². The summed E-state index contributed by atoms with van der Waals surface area (Å²) in [5.74, 6) is 0.382. The van der Waals surface area contributed by atoms with E-state index in [0.29, 0.717) is 65.8 Å². The molecule has 1 aliphatic heterocycles. The predicted octanol–water partition coefficient (Wildman–Crippen LogP) is 3.22. The van der Waals surface area contributed by atoms with Gasteiger partial charge in [0.25, 0.3) is 5.91 Å². The number of pyridine rings is 3. The Morgan fingerprint density at radius 2 is 1.78 bits per heavy atom. The first-order valence-electron chi connectivity index (χ1n) is 13.6. The number of hydrogen-bond acceptors (Lipinski definition) is 8. The lowest BCUT2D eigenvalue weighted by Crippen LogP contribution is -2.48. The van der Waals surface area contributed by atoms with Crippen LogP contribution in [0.4, 0.5) is 10.5 Å². The van der Waals surface area contributed by atoms with Crippen molar-refractivity contribution in [1.29, 1.82) is 0 Å². The molecule has 3 amide bonds. The van der Waals surface area contributed by atoms with E-state index in [-0.39, 0.29) is 11.9 Å². The van der Waals surface area contributed by atoms with Gasteiger partial charge >= 0.3 is 6.03 Å². The normalized spacial score (nSPS) is 14.1. The van der Waals surface area contributed by atoms with Crippen LogP contribution in [0.2, 0.25) is 0 Å². The highest BCUT2D eigenvalue weighted by molar-refractivity contribution is 6.05. The molecule has 6 heterocycles. The number of hydrogen-bond donors (Lipinski definition) is 3. The molecule has 5 aromatic rings. The first-order chi connectivity index (χ1) is 19.9. The van der Waals surface area contributed by atoms with Crippen molar-refractivity contribution >= 4 is 39.8 Å². The van der Waals surface area contributed by atoms with Crippen LogP contribution in [0.15, 0.2) is 43.0 Å². The highest BCUT2D eigenvalue weighted by Crippen LogP contribution is 2.30. The fourth-order valence-electron chi connectivity index (χ4n) is 5.00. The summed E-state index contributed by atoms with van der Waals surface area (Å²) >= 11 is 0. The zero-order valence-corrected chi connectivity index (χ0v) is 23.2. The van der Waals surface area contributed by atoms with E-state index in [2.05, 4.69) is 47.4 Å². The van der Waals surface area contributed by atoms with Crippen LogP contribution >= 0.6 is 0 Å². The van der Waals surface area contributed by atoms with Gasteiger partial charge in [0.2, 0.25) is 0 Å². The van der Waals surface area contributed by atoms with Crippen molar-refractivity contribution < 1.29 is 9.59 Å². The molecule has 13 heteroatoms. The van der Waals surface area contributed by atoms with Crippen molar-refractivity contribution in [3.05, 3.63) is 48.5 Å². The highest BCUT2D eigenvalue weighted by atomic mass is 16.2. The highest BCUT2D eigenvalue weighted by Gasteiger charge is 2.22. The smallest absolute Gasteiger partial charge is 0.321 e. The monoisotopic (exact) mass is 553 g/mol. The number of carbonyl (C=O) groups excluding carboxylic acids is 2. The van der Waals surface area contributed by atoms with Crippen LogP contribution in [0.1, 0.15) is 24.2 Å². The zero-order chi connectivity index (χ0) is 28.5. The van der Waals surface area contributed by atoms with Gasteiger partial charge in [-0.3, -0.25) is 14.9 Å². The van der Waals surface area contributed by atoms with Gasteiger partial charge in [-0.05, 0) is 39.1 Å². The number of imidazole rings is 1. The lowest BCUT2D eigenvalue weighted by Gasteiger charge is -2.32. The Kier molecular flexibility index (Phi) is 7.01. The van der Waals surface area contributed by atoms with Crippen LogP contribution in [0.25, 0.3) is 44.8 Å². The van der Waals surface area contributed by atoms with Gasteiger partial charge < -0.3 is 25.0 Å². The summed E-state index contributed by atoms with van der Waals surface area (Å²) in [5.41, 5.74) is 4.83. The maximum absolute atomic E-state index is 13.1. The number of nitrogens with zero attached hydrogens (tertiary/aromatic N) is 8. The summed E-state index contributed by atoms with van der Waals surface area (Å²) in [6.45, 7) is 8.16. The topological polar surface area (TPSA) is 152 Å². The average Bonchev–Trinajstić information content (AvgIpc) is 3.62. The van der Waals surface area contributed by atoms with Crippen molar-refractivity contribution in [3.8, 4) is 22.6 Å². The average molecular weight is 554 g/mol. The van der Waals surface area contributed by atoms with Gasteiger partial charge in [0.15, 0.2) is 17.1 Å². The number of fused-ring (bicyclic) bond motifs is 2. The Bertz CT molecular complexity index is 1730. The minimum Gasteiger partial charge on any atom is -0.339 e. The second kappa shape index (κ2) is 10.9. The van der Waals surface area contributed by atoms with Crippen LogP contribution < -0.4 is 5.32 Å². The number of piperazine rings is 1. The van der Waals surface area contributed by atoms with Gasteiger partial charge in [-0.2, -0.15) is 5.10 Å². The Morgan fingerprint density at radius 3 is 2.56 bits per heavy atom. The number of rotatable bonds is 6. The molecule has 5 aromatic heterocycles. The van der Waals surface area contributed by atoms with Crippen LogP contribution in [0.5, 0.6) is 0 Å². The summed E-state index contributed by atoms with van der Waals surface area (Å²) in [4.78, 5) is 52.9. The zero-order valence-electron chi connectivity index (χ0n) is 23.2. The van der Waals surface area contributed by atoms with E-state index in [1.54, 1.807) is 40.7 Å². The first kappa shape index (κ1) is 26.3. The van der Waals surface area contributed by atoms with Crippen LogP contribution in [0, 0.1) is 0 Å². The third-order valence-electron chi connectivity index (χ3n) is 7.42. The SMILES string of the molecule is CCN(CC)C(=O)c1ccnc2[nH]c(-c3n[nH]c4ncc(-c5cncc(NC(=O)N6CCN(C)CC6)c5)cc34)nc12. The van der Waals surface area contributed by atoms with E-state index in [1.165, 1.54) is 0 Å². The molecular weight excluding hydrogens is 522 g/mol. The predicted molar refractivity (Wildman–Crippen MR) is 155 cm³/mol. The molecule has 0 bridgehead atoms. The minimum atomic E-state index is -0.139. The van der Waals surface area contributed by atoms with Gasteiger partial charge in [0.05, 0.1) is 22.8 Å². The molecule has 1 saturated heterocycles. The first-order valence-corrected chi connectivity index (χ1v) is 13.6. The molecular formula is C28H31N11O2. The van der Waals surface area contributed by atoms with Crippen molar-refractivity contribution in [2.24, 2.45) is 0 Å². The number of aromatic nitrogens is 7. The number of aromatic amines is 2. The summed E-state index contributed by atoms with van der Waals surface area (Å²) in [5, 5.41) is 11.1. The third-order valence-corrected chi connectivity index (χ3v) is 7.42. The molecule has 6 rings (SSSR count). The molecule has 0 aromatic carbocycles. The lowest BCUT2D eigenvalue weighted by molar-refractivity contribution is 0.0774. The van der Waals surface area contributed by atoms with E-state index >= 15 is 0 Å². The minimum absolute atomic E-state index is 0.0941. The summed E-state index contributed by atoms with van der Waals surface area (Å²) in [6, 6.07) is 5.38. The summed E-state index contributed by atoms with van der Waals surface area (Å²) in [6.07, 6.45) is 6.69. The standard InChI is InChI=1S/C28H31N11O2/c1-4-38(5-2)27(40)20-6-7-30-25-22(20)33-26(34-25)23-21-13-18(15-31-24(21)36-35-23)17-12-19(16-29-14-17)32-28(41)39-10-8-37(3)9-11-39/h6-7,12-16H,4-5,8-11H2,1-3H3,(H,32,41)(H,30,33,34)(H,31,35,36). The molecule has 3 N–H and O–H groups in total. The number of likely N-dealkylation sites (N-methyl/N-ethyl adjacent to an activating group) is 1. The lowest BCUT2D eigenvalue weighted by atomic mass is 10.1. The Hall–Kier alpha value is -4.91. The fourth-order valence-corrected chi connectivity index (χ4v) is 5.00. The number of nitrogens with one attached hydrogen (secondary N) is 3. The molecule has 1 fully saturated rings. The maximum Gasteiger partial charge on any atom is 0.321 e. The molecule has 41 heavy (non-hydrogen) atoms. The number of amides is 3. The number of anilines is 1. The third kappa shape index (κ3) is 5.07. The molecule has 210 valence electrons. The molecule has 0 aliphatic carbocycles. The van der Waals surface area contributed by atoms with Crippen molar-refractivity contribution in [2.45, 2.75) is 13.8 Å². The quantitative estimate of drug-likeness (QED) is 0.290. The van der Waals surface area contributed by atoms with Crippen LogP contribution in [0.3, 0.4) is 0 Å². The fraction of sp³-hybridized carbons (Fsp3) is 0.321. The molecule has 1 aliphatic rings. The summed E-state index contributed by atoms with van der Waals surface area (Å²) < 4.78 is 0. The van der Waals surface area contributed by atoms with Crippen LogP contribution in [-0.4, -0.2) is 108 Å². The molecule has 0 radical (unpaired) electrons. The Morgan fingerprint density at radius 1 is 1.00 bits per heavy atom. The van der Waals surface area contributed by atoms with Gasteiger partial charge in [-0.25, -0.2) is 19.7 Å². The molecule has 0 spiro atoms. The second-order valence-corrected chi connectivity index (χ2v) is 9.99. The molecule has 0 saturated carbocycles. The maximum atomic E-state index is 13.1. The molecule has 13 nitrogen and oxygen atoms in total. The Balaban J connectivity index is 1.30. The van der Waals surface area contributed by atoms with Crippen molar-refractivity contribution in [3.63, 3.8) is 0 Å². The van der Waals surface area contributed by atoms with E-state index in [1.807, 2.05) is 26.0 Å².